The van der Waals surface area contributed by atoms with Crippen LogP contribution in [0, 0.1) is 5.92 Å². The molecule has 0 bridgehead atoms. The van der Waals surface area contributed by atoms with E-state index in [1.165, 1.54) is 0 Å². The monoisotopic (exact) mass is 535 g/mol. The Morgan fingerprint density at radius 2 is 1.77 bits per heavy atom. The third kappa shape index (κ3) is 4.58. The van der Waals surface area contributed by atoms with E-state index in [9.17, 15) is 10.2 Å². The fourth-order valence-electron chi connectivity index (χ4n) is 5.09. The van der Waals surface area contributed by atoms with Gasteiger partial charge in [-0.3, -0.25) is 4.98 Å². The number of aliphatic hydroxyl groups excluding tert-OH is 2. The van der Waals surface area contributed by atoms with Crippen molar-refractivity contribution in [3.63, 3.8) is 0 Å². The van der Waals surface area contributed by atoms with Gasteiger partial charge in [-0.25, -0.2) is 4.98 Å². The number of benzene rings is 1. The summed E-state index contributed by atoms with van der Waals surface area (Å²) < 4.78 is 2.84. The van der Waals surface area contributed by atoms with Gasteiger partial charge in [0.05, 0.1) is 34.8 Å². The Kier molecular flexibility index (Phi) is 6.86. The highest BCUT2D eigenvalue weighted by molar-refractivity contribution is 9.10. The number of pyridine rings is 1. The van der Waals surface area contributed by atoms with Gasteiger partial charge in [0.25, 0.3) is 0 Å². The average Bonchev–Trinajstić information content (AvgIpc) is 3.31. The molecule has 0 amide bonds. The van der Waals surface area contributed by atoms with Crippen LogP contribution in [0.4, 0.5) is 5.82 Å². The molecule has 1 saturated carbocycles. The minimum Gasteiger partial charge on any atom is -0.394 e. The van der Waals surface area contributed by atoms with Crippen molar-refractivity contribution in [2.24, 2.45) is 5.92 Å². The lowest BCUT2D eigenvalue weighted by Crippen LogP contribution is -2.28. The predicted octanol–water partition coefficient (Wildman–Crippen LogP) is 4.91. The summed E-state index contributed by atoms with van der Waals surface area (Å²) in [6, 6.07) is 14.3. The molecule has 182 valence electrons. The van der Waals surface area contributed by atoms with Crippen LogP contribution < -0.4 is 4.90 Å². The van der Waals surface area contributed by atoms with E-state index < -0.39 is 6.10 Å². The molecule has 8 heteroatoms. The standard InChI is InChI=1S/C27H30BrN5O2/c1-32(2)27-24(28)25(19-10-8-18(9-11-19)23(35)16-34)31-26-21(15-30-33(26)27)20-12-13-22(29-14-20)17-6-4-3-5-7-17/h3-7,12-15,18-19,23,34-35H,8-11,16H2,1-2H3. The number of rotatable bonds is 6. The van der Waals surface area contributed by atoms with Gasteiger partial charge >= 0.3 is 0 Å². The fraction of sp³-hybridized carbons (Fsp3) is 0.370. The lowest BCUT2D eigenvalue weighted by molar-refractivity contribution is 0.0300. The van der Waals surface area contributed by atoms with E-state index in [0.717, 1.165) is 69.7 Å². The Morgan fingerprint density at radius 3 is 2.40 bits per heavy atom. The summed E-state index contributed by atoms with van der Waals surface area (Å²) in [5.74, 6) is 1.37. The second kappa shape index (κ2) is 10.0. The number of fused-ring (bicyclic) bond motifs is 1. The maximum absolute atomic E-state index is 10.1. The van der Waals surface area contributed by atoms with E-state index >= 15 is 0 Å². The van der Waals surface area contributed by atoms with Crippen LogP contribution in [0.1, 0.15) is 37.3 Å². The molecule has 2 N–H and O–H groups in total. The summed E-state index contributed by atoms with van der Waals surface area (Å²) in [7, 11) is 4.02. The summed E-state index contributed by atoms with van der Waals surface area (Å²) in [4.78, 5) is 11.9. The van der Waals surface area contributed by atoms with Gasteiger partial charge in [-0.2, -0.15) is 9.61 Å². The van der Waals surface area contributed by atoms with Crippen LogP contribution >= 0.6 is 15.9 Å². The molecular weight excluding hydrogens is 506 g/mol. The SMILES string of the molecule is CN(C)c1c(Br)c(C2CCC(C(O)CO)CC2)nc2c(-c3ccc(-c4ccccc4)nc3)cnn12. The van der Waals surface area contributed by atoms with Crippen molar-refractivity contribution in [1.82, 2.24) is 19.6 Å². The van der Waals surface area contributed by atoms with E-state index in [1.807, 2.05) is 55.3 Å². The molecule has 0 radical (unpaired) electrons. The first-order valence-corrected chi connectivity index (χ1v) is 12.8. The molecule has 1 unspecified atom stereocenters. The van der Waals surface area contributed by atoms with Crippen LogP contribution in [-0.2, 0) is 0 Å². The topological polar surface area (TPSA) is 86.8 Å². The van der Waals surface area contributed by atoms with Crippen molar-refractivity contribution in [3.05, 3.63) is 65.0 Å². The molecule has 1 atom stereocenters. The molecule has 0 saturated heterocycles. The highest BCUT2D eigenvalue weighted by Crippen LogP contribution is 2.42. The number of hydrogen-bond acceptors (Lipinski definition) is 6. The van der Waals surface area contributed by atoms with Crippen molar-refractivity contribution in [1.29, 1.82) is 0 Å². The molecule has 35 heavy (non-hydrogen) atoms. The van der Waals surface area contributed by atoms with Gasteiger partial charge in [0.1, 0.15) is 5.82 Å². The molecular formula is C27H30BrN5O2. The van der Waals surface area contributed by atoms with Crippen molar-refractivity contribution >= 4 is 27.4 Å². The first-order chi connectivity index (χ1) is 17.0. The van der Waals surface area contributed by atoms with Gasteiger partial charge in [0.15, 0.2) is 5.65 Å². The largest absolute Gasteiger partial charge is 0.394 e. The van der Waals surface area contributed by atoms with Crippen LogP contribution in [0.15, 0.2) is 59.3 Å². The van der Waals surface area contributed by atoms with Gasteiger partial charge in [-0.15, -0.1) is 0 Å². The highest BCUT2D eigenvalue weighted by atomic mass is 79.9. The lowest BCUT2D eigenvalue weighted by atomic mass is 9.78. The van der Waals surface area contributed by atoms with Crippen molar-refractivity contribution in [3.8, 4) is 22.4 Å². The van der Waals surface area contributed by atoms with Gasteiger partial charge < -0.3 is 15.1 Å². The first-order valence-electron chi connectivity index (χ1n) is 12.0. The van der Waals surface area contributed by atoms with Crippen molar-refractivity contribution < 1.29 is 10.2 Å². The highest BCUT2D eigenvalue weighted by Gasteiger charge is 2.30. The van der Waals surface area contributed by atoms with E-state index in [0.29, 0.717) is 0 Å². The third-order valence-electron chi connectivity index (χ3n) is 7.05. The zero-order valence-electron chi connectivity index (χ0n) is 20.0. The second-order valence-electron chi connectivity index (χ2n) is 9.48. The van der Waals surface area contributed by atoms with Gasteiger partial charge in [0, 0.05) is 42.9 Å². The molecule has 1 aliphatic rings. The van der Waals surface area contributed by atoms with Crippen LogP contribution in [0.3, 0.4) is 0 Å². The first kappa shape index (κ1) is 23.9. The molecule has 7 nitrogen and oxygen atoms in total. The Morgan fingerprint density at radius 1 is 1.03 bits per heavy atom. The summed E-state index contributed by atoms with van der Waals surface area (Å²) in [6.45, 7) is -0.176. The molecule has 1 fully saturated rings. The average molecular weight is 536 g/mol. The van der Waals surface area contributed by atoms with E-state index in [2.05, 4.69) is 44.1 Å². The van der Waals surface area contributed by atoms with Crippen LogP contribution in [0.5, 0.6) is 0 Å². The number of anilines is 1. The maximum Gasteiger partial charge on any atom is 0.165 e. The molecule has 3 aromatic heterocycles. The third-order valence-corrected chi connectivity index (χ3v) is 7.81. The predicted molar refractivity (Wildman–Crippen MR) is 141 cm³/mol. The normalized spacial score (nSPS) is 19.1. The fourth-order valence-corrected chi connectivity index (χ4v) is 6.03. The Hall–Kier alpha value is -2.81. The van der Waals surface area contributed by atoms with Crippen LogP contribution in [0.25, 0.3) is 28.0 Å². The zero-order chi connectivity index (χ0) is 24.5. The molecule has 5 rings (SSSR count). The quantitative estimate of drug-likeness (QED) is 0.364. The van der Waals surface area contributed by atoms with Crippen LogP contribution in [-0.4, -0.2) is 56.6 Å². The summed E-state index contributed by atoms with van der Waals surface area (Å²) in [5, 5.41) is 24.1. The van der Waals surface area contributed by atoms with E-state index in [1.54, 1.807) is 0 Å². The van der Waals surface area contributed by atoms with Crippen molar-refractivity contribution in [2.45, 2.75) is 37.7 Å². The maximum atomic E-state index is 10.1. The number of hydrogen-bond donors (Lipinski definition) is 2. The Bertz CT molecular complexity index is 1300. The van der Waals surface area contributed by atoms with Crippen LogP contribution in [0.2, 0.25) is 0 Å². The molecule has 4 aromatic rings. The Balaban J connectivity index is 1.53. The summed E-state index contributed by atoms with van der Waals surface area (Å²) in [5.41, 5.74) is 5.75. The minimum atomic E-state index is -0.639. The van der Waals surface area contributed by atoms with Gasteiger partial charge in [-0.05, 0) is 53.6 Å². The summed E-state index contributed by atoms with van der Waals surface area (Å²) in [6.07, 6.45) is 6.71. The van der Waals surface area contributed by atoms with E-state index in [4.69, 9.17) is 9.97 Å². The number of aliphatic hydroxyl groups is 2. The molecule has 0 aliphatic heterocycles. The molecule has 1 aromatic carbocycles. The zero-order valence-corrected chi connectivity index (χ0v) is 21.6. The lowest BCUT2D eigenvalue weighted by Gasteiger charge is -2.31. The smallest absolute Gasteiger partial charge is 0.165 e. The number of aromatic nitrogens is 4. The second-order valence-corrected chi connectivity index (χ2v) is 10.3. The number of halogens is 1. The molecule has 3 heterocycles. The van der Waals surface area contributed by atoms with E-state index in [-0.39, 0.29) is 18.4 Å². The molecule has 1 aliphatic carbocycles. The van der Waals surface area contributed by atoms with Crippen molar-refractivity contribution in [2.75, 3.05) is 25.6 Å². The number of nitrogens with zero attached hydrogens (tertiary/aromatic N) is 5. The van der Waals surface area contributed by atoms with Gasteiger partial charge in [-0.1, -0.05) is 36.4 Å². The molecule has 0 spiro atoms. The minimum absolute atomic E-state index is 0.145. The Labute approximate surface area is 213 Å². The van der Waals surface area contributed by atoms with Gasteiger partial charge in [0.2, 0.25) is 0 Å². The summed E-state index contributed by atoms with van der Waals surface area (Å²) >= 11 is 3.83.